The first-order valence-electron chi connectivity index (χ1n) is 5.92. The molecule has 2 aromatic rings. The van der Waals surface area contributed by atoms with Gasteiger partial charge in [0, 0.05) is 6.07 Å². The number of nitrogens with zero attached hydrogens (tertiary/aromatic N) is 2. The molecule has 0 aliphatic rings. The summed E-state index contributed by atoms with van der Waals surface area (Å²) in [7, 11) is 0. The van der Waals surface area contributed by atoms with Crippen LogP contribution in [0, 0.1) is 10.1 Å². The summed E-state index contributed by atoms with van der Waals surface area (Å²) in [6, 6.07) is 6.32. The van der Waals surface area contributed by atoms with Gasteiger partial charge in [-0.2, -0.15) is 0 Å². The van der Waals surface area contributed by atoms with E-state index in [1.807, 2.05) is 27.7 Å². The third-order valence-corrected chi connectivity index (χ3v) is 1.76. The van der Waals surface area contributed by atoms with Gasteiger partial charge in [-0.3, -0.25) is 10.1 Å². The molecule has 5 nitrogen and oxygen atoms in total. The molecule has 18 heavy (non-hydrogen) atoms. The average molecular weight is 250 g/mol. The summed E-state index contributed by atoms with van der Waals surface area (Å²) in [4.78, 5) is 14.1. The number of nitro groups is 1. The Hall–Kier alpha value is -2.17. The quantitative estimate of drug-likeness (QED) is 0.588. The molecule has 0 saturated carbocycles. The van der Waals surface area contributed by atoms with E-state index in [0.717, 1.165) is 0 Å². The highest BCUT2D eigenvalue weighted by molar-refractivity contribution is 5.66. The third kappa shape index (κ3) is 4.01. The van der Waals surface area contributed by atoms with Crippen LogP contribution >= 0.6 is 0 Å². The van der Waals surface area contributed by atoms with Gasteiger partial charge >= 0.3 is 0 Å². The van der Waals surface area contributed by atoms with E-state index in [-0.39, 0.29) is 11.6 Å². The number of aromatic nitrogens is 1. The number of hydrogen-bond donors (Lipinski definition) is 0. The summed E-state index contributed by atoms with van der Waals surface area (Å²) in [5.41, 5.74) is 0.387. The highest BCUT2D eigenvalue weighted by Gasteiger charge is 2.16. The highest BCUT2D eigenvalue weighted by atomic mass is 16.6. The molecule has 0 radical (unpaired) electrons. The van der Waals surface area contributed by atoms with Gasteiger partial charge < -0.3 is 4.42 Å². The Morgan fingerprint density at radius 1 is 1.17 bits per heavy atom. The lowest BCUT2D eigenvalue weighted by Crippen LogP contribution is -1.91. The molecule has 0 N–H and O–H groups in total. The summed E-state index contributed by atoms with van der Waals surface area (Å²) in [5, 5.41) is 10.7. The normalized spacial score (nSPS) is 8.44. The molecule has 1 aromatic carbocycles. The fourth-order valence-corrected chi connectivity index (χ4v) is 1.17. The van der Waals surface area contributed by atoms with Crippen LogP contribution in [-0.4, -0.2) is 9.91 Å². The third-order valence-electron chi connectivity index (χ3n) is 1.76. The predicted molar refractivity (Wildman–Crippen MR) is 71.3 cm³/mol. The minimum absolute atomic E-state index is 0.00468. The van der Waals surface area contributed by atoms with E-state index in [1.165, 1.54) is 18.5 Å². The Labute approximate surface area is 107 Å². The maximum Gasteiger partial charge on any atom is 0.282 e. The molecule has 1 aromatic heterocycles. The summed E-state index contributed by atoms with van der Waals surface area (Å²) in [6.07, 6.45) is 2.83. The van der Waals surface area contributed by atoms with Crippen LogP contribution in [0.2, 0.25) is 0 Å². The lowest BCUT2D eigenvalue weighted by molar-refractivity contribution is -0.384. The van der Waals surface area contributed by atoms with Gasteiger partial charge in [0.1, 0.15) is 11.8 Å². The Kier molecular flexibility index (Phi) is 7.85. The molecule has 98 valence electrons. The zero-order valence-corrected chi connectivity index (χ0v) is 11.1. The largest absolute Gasteiger partial charge is 0.444 e. The molecular weight excluding hydrogens is 232 g/mol. The molecule has 5 heteroatoms. The van der Waals surface area contributed by atoms with E-state index in [4.69, 9.17) is 4.42 Å². The van der Waals surface area contributed by atoms with Crippen LogP contribution in [0.4, 0.5) is 5.69 Å². The minimum atomic E-state index is -0.459. The number of hydrogen-bond acceptors (Lipinski definition) is 4. The molecule has 0 aliphatic heterocycles. The second-order valence-corrected chi connectivity index (χ2v) is 2.61. The first-order valence-corrected chi connectivity index (χ1v) is 5.92. The molecular formula is C13H18N2O3. The van der Waals surface area contributed by atoms with Crippen LogP contribution in [0.15, 0.2) is 41.1 Å². The topological polar surface area (TPSA) is 69.2 Å². The van der Waals surface area contributed by atoms with Crippen LogP contribution < -0.4 is 0 Å². The van der Waals surface area contributed by atoms with Gasteiger partial charge in [0.15, 0.2) is 0 Å². The summed E-state index contributed by atoms with van der Waals surface area (Å²) >= 11 is 0. The van der Waals surface area contributed by atoms with Crippen molar-refractivity contribution in [2.75, 3.05) is 0 Å². The number of benzene rings is 1. The Bertz CT molecular complexity index is 453. The van der Waals surface area contributed by atoms with Gasteiger partial charge in [-0.05, 0) is 6.07 Å². The fraction of sp³-hybridized carbons (Fsp3) is 0.308. The van der Waals surface area contributed by atoms with E-state index >= 15 is 0 Å². The van der Waals surface area contributed by atoms with Gasteiger partial charge in [-0.15, -0.1) is 0 Å². The van der Waals surface area contributed by atoms with Crippen molar-refractivity contribution >= 4 is 5.69 Å². The van der Waals surface area contributed by atoms with Crippen LogP contribution in [0.1, 0.15) is 27.7 Å². The standard InChI is InChI=1S/C9H6N2O3.2C2H6/c12-11(13)8-4-2-1-3-7(8)9-10-5-6-14-9;2*1-2/h1-6H;2*1-2H3. The number of oxazole rings is 1. The minimum Gasteiger partial charge on any atom is -0.444 e. The van der Waals surface area contributed by atoms with E-state index in [1.54, 1.807) is 18.2 Å². The molecule has 0 unspecified atom stereocenters. The Morgan fingerprint density at radius 3 is 2.28 bits per heavy atom. The summed E-state index contributed by atoms with van der Waals surface area (Å²) in [5.74, 6) is 0.261. The zero-order chi connectivity index (χ0) is 14.0. The van der Waals surface area contributed by atoms with Gasteiger partial charge in [0.2, 0.25) is 5.89 Å². The van der Waals surface area contributed by atoms with Crippen molar-refractivity contribution in [3.8, 4) is 11.5 Å². The number of para-hydroxylation sites is 1. The smallest absolute Gasteiger partial charge is 0.282 e. The molecule has 0 amide bonds. The lowest BCUT2D eigenvalue weighted by Gasteiger charge is -1.96. The second kappa shape index (κ2) is 8.92. The molecule has 0 atom stereocenters. The lowest BCUT2D eigenvalue weighted by atomic mass is 10.2. The average Bonchev–Trinajstić information content (AvgIpc) is 2.97. The first-order chi connectivity index (χ1) is 8.79. The molecule has 0 spiro atoms. The van der Waals surface area contributed by atoms with Crippen molar-refractivity contribution in [2.24, 2.45) is 0 Å². The first kappa shape index (κ1) is 15.8. The van der Waals surface area contributed by atoms with Crippen molar-refractivity contribution in [2.45, 2.75) is 27.7 Å². The van der Waals surface area contributed by atoms with Crippen LogP contribution in [-0.2, 0) is 0 Å². The number of rotatable bonds is 2. The van der Waals surface area contributed by atoms with Crippen molar-refractivity contribution in [1.29, 1.82) is 0 Å². The van der Waals surface area contributed by atoms with E-state index in [0.29, 0.717) is 5.56 Å². The van der Waals surface area contributed by atoms with Gasteiger partial charge in [-0.25, -0.2) is 4.98 Å². The fourth-order valence-electron chi connectivity index (χ4n) is 1.17. The molecule has 0 fully saturated rings. The molecule has 0 aliphatic carbocycles. The van der Waals surface area contributed by atoms with E-state index < -0.39 is 4.92 Å². The second-order valence-electron chi connectivity index (χ2n) is 2.61. The Morgan fingerprint density at radius 2 is 1.78 bits per heavy atom. The van der Waals surface area contributed by atoms with Crippen LogP contribution in [0.3, 0.4) is 0 Å². The van der Waals surface area contributed by atoms with Crippen molar-refractivity contribution < 1.29 is 9.34 Å². The van der Waals surface area contributed by atoms with Crippen molar-refractivity contribution in [3.05, 3.63) is 46.8 Å². The Balaban J connectivity index is 0.000000659. The van der Waals surface area contributed by atoms with Gasteiger partial charge in [0.25, 0.3) is 5.69 Å². The molecule has 2 rings (SSSR count). The maximum atomic E-state index is 10.7. The molecule has 0 bridgehead atoms. The van der Waals surface area contributed by atoms with E-state index in [2.05, 4.69) is 4.98 Å². The highest BCUT2D eigenvalue weighted by Crippen LogP contribution is 2.27. The predicted octanol–water partition coefficient (Wildman–Crippen LogP) is 4.30. The van der Waals surface area contributed by atoms with Crippen molar-refractivity contribution in [3.63, 3.8) is 0 Å². The van der Waals surface area contributed by atoms with Gasteiger partial charge in [-0.1, -0.05) is 39.8 Å². The van der Waals surface area contributed by atoms with Crippen LogP contribution in [0.25, 0.3) is 11.5 Å². The van der Waals surface area contributed by atoms with Gasteiger partial charge in [0.05, 0.1) is 11.1 Å². The van der Waals surface area contributed by atoms with Crippen molar-refractivity contribution in [1.82, 2.24) is 4.98 Å². The number of nitro benzene ring substituents is 1. The SMILES string of the molecule is CC.CC.O=[N+]([O-])c1ccccc1-c1ncco1. The summed E-state index contributed by atoms with van der Waals surface area (Å²) < 4.78 is 4.99. The zero-order valence-electron chi connectivity index (χ0n) is 11.1. The van der Waals surface area contributed by atoms with Crippen LogP contribution in [0.5, 0.6) is 0 Å². The molecule has 0 saturated heterocycles. The van der Waals surface area contributed by atoms with E-state index in [9.17, 15) is 10.1 Å². The monoisotopic (exact) mass is 250 g/mol. The summed E-state index contributed by atoms with van der Waals surface area (Å²) in [6.45, 7) is 8.00. The maximum absolute atomic E-state index is 10.7. The molecule has 1 heterocycles.